The van der Waals surface area contributed by atoms with E-state index in [0.717, 1.165) is 0 Å². The number of amides is 2. The Morgan fingerprint density at radius 3 is 3.05 bits per heavy atom. The van der Waals surface area contributed by atoms with Gasteiger partial charge in [-0.2, -0.15) is 4.99 Å². The molecule has 9 nitrogen and oxygen atoms in total. The molecule has 3 heterocycles. The number of carbonyl (C=O) groups excluding carboxylic acids is 1. The number of nitrogens with two attached hydrogens (primary N) is 1. The van der Waals surface area contributed by atoms with Gasteiger partial charge in [0.25, 0.3) is 0 Å². The molecule has 2 amide bonds. The number of aliphatic hydroxyl groups excluding tert-OH is 2. The third kappa shape index (κ3) is 1.86. The highest BCUT2D eigenvalue weighted by molar-refractivity contribution is 6.52. The predicted molar refractivity (Wildman–Crippen MR) is 69.6 cm³/mol. The van der Waals surface area contributed by atoms with E-state index in [1.165, 1.54) is 11.2 Å². The first-order valence-electron chi connectivity index (χ1n) is 6.21. The molecule has 4 N–H and O–H groups in total. The van der Waals surface area contributed by atoms with Crippen molar-refractivity contribution in [1.29, 1.82) is 0 Å². The van der Waals surface area contributed by atoms with Crippen LogP contribution in [0.1, 0.15) is 13.3 Å². The van der Waals surface area contributed by atoms with E-state index in [1.54, 1.807) is 6.92 Å². The van der Waals surface area contributed by atoms with Gasteiger partial charge in [-0.1, -0.05) is 0 Å². The number of ether oxygens (including phenoxy) is 1. The molecule has 0 radical (unpaired) electrons. The highest BCUT2D eigenvalue weighted by Crippen LogP contribution is 2.29. The molecular weight excluding hydrogens is 266 g/mol. The largest absolute Gasteiger partial charge is 0.394 e. The molecule has 4 atom stereocenters. The Morgan fingerprint density at radius 1 is 1.65 bits per heavy atom. The normalized spacial score (nSPS) is 39.9. The Kier molecular flexibility index (Phi) is 2.94. The summed E-state index contributed by atoms with van der Waals surface area (Å²) in [5, 5.41) is 18.8. The van der Waals surface area contributed by atoms with E-state index in [0.29, 0.717) is 0 Å². The summed E-state index contributed by atoms with van der Waals surface area (Å²) in [4.78, 5) is 25.2. The number of aliphatic imine (C=N–C) groups is 3. The van der Waals surface area contributed by atoms with Gasteiger partial charge in [-0.25, -0.2) is 19.7 Å². The van der Waals surface area contributed by atoms with Crippen molar-refractivity contribution in [3.63, 3.8) is 0 Å². The molecule has 1 unspecified atom stereocenters. The summed E-state index contributed by atoms with van der Waals surface area (Å²) < 4.78 is 5.46. The minimum absolute atomic E-state index is 0.178. The van der Waals surface area contributed by atoms with Gasteiger partial charge in [-0.3, -0.25) is 0 Å². The second-order valence-electron chi connectivity index (χ2n) is 5.07. The van der Waals surface area contributed by atoms with Crippen molar-refractivity contribution in [3.8, 4) is 0 Å². The fourth-order valence-corrected chi connectivity index (χ4v) is 2.43. The van der Waals surface area contributed by atoms with Crippen LogP contribution in [0.15, 0.2) is 15.0 Å². The summed E-state index contributed by atoms with van der Waals surface area (Å²) in [5.74, 6) is 0.283. The Bertz CT molecular complexity index is 541. The summed E-state index contributed by atoms with van der Waals surface area (Å²) in [6, 6.07) is -0.559. The first kappa shape index (κ1) is 13.3. The molecule has 20 heavy (non-hydrogen) atoms. The first-order chi connectivity index (χ1) is 9.44. The lowest BCUT2D eigenvalue weighted by Gasteiger charge is -2.27. The number of rotatable bonds is 2. The van der Waals surface area contributed by atoms with E-state index in [-0.39, 0.29) is 24.6 Å². The van der Waals surface area contributed by atoms with Crippen LogP contribution in [0.4, 0.5) is 4.79 Å². The molecule has 1 saturated heterocycles. The van der Waals surface area contributed by atoms with Gasteiger partial charge in [-0.05, 0) is 6.92 Å². The molecule has 3 aliphatic rings. The Hall–Kier alpha value is -1.68. The summed E-state index contributed by atoms with van der Waals surface area (Å²) in [6.45, 7) is 1.30. The van der Waals surface area contributed by atoms with Crippen LogP contribution < -0.4 is 5.73 Å². The number of amidine groups is 1. The molecule has 0 spiro atoms. The number of nitrogens with zero attached hydrogens (tertiary/aromatic N) is 4. The number of fused-ring (bicyclic) bond motifs is 1. The quantitative estimate of drug-likeness (QED) is 0.563. The molecule has 0 aromatic carbocycles. The van der Waals surface area contributed by atoms with E-state index in [1.807, 2.05) is 0 Å². The highest BCUT2D eigenvalue weighted by atomic mass is 16.5. The van der Waals surface area contributed by atoms with Crippen LogP contribution in [-0.2, 0) is 4.74 Å². The summed E-state index contributed by atoms with van der Waals surface area (Å²) in [7, 11) is 0. The number of hydrogen-bond donors (Lipinski definition) is 3. The van der Waals surface area contributed by atoms with E-state index >= 15 is 0 Å². The Balaban J connectivity index is 1.89. The fourth-order valence-electron chi connectivity index (χ4n) is 2.43. The predicted octanol–water partition coefficient (Wildman–Crippen LogP) is -1.55. The van der Waals surface area contributed by atoms with E-state index in [4.69, 9.17) is 15.6 Å². The molecule has 1 fully saturated rings. The minimum Gasteiger partial charge on any atom is -0.394 e. The van der Waals surface area contributed by atoms with Gasteiger partial charge >= 0.3 is 6.03 Å². The second-order valence-corrected chi connectivity index (χ2v) is 5.07. The maximum absolute atomic E-state index is 12.0. The van der Waals surface area contributed by atoms with Crippen LogP contribution in [0.25, 0.3) is 0 Å². The zero-order valence-electron chi connectivity index (χ0n) is 10.8. The molecule has 0 saturated carbocycles. The lowest BCUT2D eigenvalue weighted by Crippen LogP contribution is -2.52. The molecule has 3 rings (SSSR count). The fraction of sp³-hybridized carbons (Fsp3) is 0.636. The van der Waals surface area contributed by atoms with Gasteiger partial charge < -0.3 is 20.7 Å². The van der Waals surface area contributed by atoms with Crippen molar-refractivity contribution < 1.29 is 19.7 Å². The third-order valence-corrected chi connectivity index (χ3v) is 3.51. The lowest BCUT2D eigenvalue weighted by molar-refractivity contribution is -0.0472. The second kappa shape index (κ2) is 4.42. The smallest absolute Gasteiger partial charge is 0.351 e. The summed E-state index contributed by atoms with van der Waals surface area (Å²) in [6.07, 6.45) is -0.841. The van der Waals surface area contributed by atoms with Crippen LogP contribution in [0, 0.1) is 0 Å². The Labute approximate surface area is 114 Å². The van der Waals surface area contributed by atoms with Crippen LogP contribution in [0.2, 0.25) is 0 Å². The number of urea groups is 1. The SMILES string of the molecule is CC1(N)N=CN=C2C1=NC(=O)N2[C@H]1C[C@H](O)[C@@H](CO)O1. The highest BCUT2D eigenvalue weighted by Gasteiger charge is 2.48. The zero-order valence-corrected chi connectivity index (χ0v) is 10.8. The average Bonchev–Trinajstić information content (AvgIpc) is 2.89. The first-order valence-corrected chi connectivity index (χ1v) is 6.21. The minimum atomic E-state index is -1.12. The van der Waals surface area contributed by atoms with Crippen molar-refractivity contribution in [2.24, 2.45) is 20.7 Å². The summed E-state index contributed by atoms with van der Waals surface area (Å²) in [5.41, 5.74) is 5.11. The van der Waals surface area contributed by atoms with Gasteiger partial charge in [0.15, 0.2) is 11.5 Å². The van der Waals surface area contributed by atoms with Gasteiger partial charge in [0.1, 0.15) is 24.4 Å². The Morgan fingerprint density at radius 2 is 2.40 bits per heavy atom. The van der Waals surface area contributed by atoms with E-state index in [9.17, 15) is 9.90 Å². The van der Waals surface area contributed by atoms with Crippen LogP contribution in [-0.4, -0.2) is 69.7 Å². The molecule has 108 valence electrons. The topological polar surface area (TPSA) is 133 Å². The van der Waals surface area contributed by atoms with E-state index < -0.39 is 30.1 Å². The number of carbonyl (C=O) groups is 1. The van der Waals surface area contributed by atoms with Crippen molar-refractivity contribution in [2.75, 3.05) is 6.61 Å². The maximum atomic E-state index is 12.0. The van der Waals surface area contributed by atoms with E-state index in [2.05, 4.69) is 15.0 Å². The molecular formula is C11H15N5O4. The van der Waals surface area contributed by atoms with Crippen molar-refractivity contribution in [2.45, 2.75) is 37.4 Å². The monoisotopic (exact) mass is 281 g/mol. The van der Waals surface area contributed by atoms with Crippen molar-refractivity contribution in [3.05, 3.63) is 0 Å². The maximum Gasteiger partial charge on any atom is 0.351 e. The number of hydrogen-bond acceptors (Lipinski definition) is 7. The van der Waals surface area contributed by atoms with Gasteiger partial charge in [0.05, 0.1) is 12.7 Å². The average molecular weight is 281 g/mol. The summed E-state index contributed by atoms with van der Waals surface area (Å²) >= 11 is 0. The van der Waals surface area contributed by atoms with Gasteiger partial charge in [-0.15, -0.1) is 0 Å². The van der Waals surface area contributed by atoms with Crippen molar-refractivity contribution >= 4 is 23.9 Å². The number of aliphatic hydroxyl groups is 2. The standard InChI is InChI=1S/C11H15N5O4/c1-11(12)8-9(13-4-14-11)16(10(19)15-8)7-2-5(18)6(3-17)20-7/h4-7,17-18H,2-3,12H2,1H3/t5-,6+,7+,11?/m0/s1. The molecule has 9 heteroatoms. The lowest BCUT2D eigenvalue weighted by atomic mass is 10.1. The van der Waals surface area contributed by atoms with Crippen LogP contribution in [0.3, 0.4) is 0 Å². The third-order valence-electron chi connectivity index (χ3n) is 3.51. The van der Waals surface area contributed by atoms with Crippen LogP contribution >= 0.6 is 0 Å². The van der Waals surface area contributed by atoms with Gasteiger partial charge in [0, 0.05) is 6.42 Å². The molecule has 0 aliphatic carbocycles. The molecule has 0 bridgehead atoms. The zero-order chi connectivity index (χ0) is 14.5. The van der Waals surface area contributed by atoms with Crippen molar-refractivity contribution in [1.82, 2.24) is 4.90 Å². The molecule has 3 aliphatic heterocycles. The van der Waals surface area contributed by atoms with Gasteiger partial charge in [0.2, 0.25) is 0 Å². The molecule has 0 aromatic rings. The van der Waals surface area contributed by atoms with Crippen LogP contribution in [0.5, 0.6) is 0 Å². The molecule has 0 aromatic heterocycles.